The standard InChI is InChI=1S/2C22H29NO2.ClH/c2*1-5-21(24)25-22(18(2)17-23(3)4,20-14-10-7-11-15-20)16-19-12-8-6-9-13-19;/h2*6-15,18H,5,16-17H2,1-4H3;1H/t2*18-,22+;/m11./s1. The van der Waals surface area contributed by atoms with Crippen LogP contribution in [0.5, 0.6) is 0 Å². The van der Waals surface area contributed by atoms with Crippen LogP contribution < -0.4 is 0 Å². The minimum atomic E-state index is -0.681. The molecule has 0 spiro atoms. The van der Waals surface area contributed by atoms with Gasteiger partial charge in [0.05, 0.1) is 0 Å². The molecule has 4 aromatic rings. The fourth-order valence-electron chi connectivity index (χ4n) is 6.69. The summed E-state index contributed by atoms with van der Waals surface area (Å²) in [6.07, 6.45) is 2.08. The predicted molar refractivity (Wildman–Crippen MR) is 212 cm³/mol. The maximum Gasteiger partial charge on any atom is 0.306 e. The summed E-state index contributed by atoms with van der Waals surface area (Å²) in [6.45, 7) is 9.68. The van der Waals surface area contributed by atoms with Gasteiger partial charge in [0, 0.05) is 50.6 Å². The third-order valence-electron chi connectivity index (χ3n) is 9.18. The summed E-state index contributed by atoms with van der Waals surface area (Å²) in [6, 6.07) is 40.8. The first-order valence-corrected chi connectivity index (χ1v) is 17.9. The van der Waals surface area contributed by atoms with Gasteiger partial charge >= 0.3 is 11.9 Å². The van der Waals surface area contributed by atoms with E-state index in [0.717, 1.165) is 24.2 Å². The Morgan fingerprint density at radius 1 is 0.529 bits per heavy atom. The van der Waals surface area contributed by atoms with E-state index >= 15 is 0 Å². The quantitative estimate of drug-likeness (QED) is 0.108. The summed E-state index contributed by atoms with van der Waals surface area (Å²) in [7, 11) is 8.21. The summed E-state index contributed by atoms with van der Waals surface area (Å²) >= 11 is 0. The molecule has 0 saturated carbocycles. The number of hydrogen-bond donors (Lipinski definition) is 0. The third-order valence-corrected chi connectivity index (χ3v) is 9.18. The number of esters is 2. The van der Waals surface area contributed by atoms with Crippen LogP contribution in [0, 0.1) is 11.8 Å². The highest BCUT2D eigenvalue weighted by Crippen LogP contribution is 2.40. The Balaban J connectivity index is 0.000000347. The van der Waals surface area contributed by atoms with Crippen LogP contribution in [0.15, 0.2) is 121 Å². The molecule has 4 atom stereocenters. The number of halogens is 1. The van der Waals surface area contributed by atoms with E-state index in [0.29, 0.717) is 25.7 Å². The van der Waals surface area contributed by atoms with Gasteiger partial charge in [-0.3, -0.25) is 9.59 Å². The second kappa shape index (κ2) is 21.4. The van der Waals surface area contributed by atoms with E-state index in [9.17, 15) is 9.59 Å². The van der Waals surface area contributed by atoms with Crippen LogP contribution in [-0.4, -0.2) is 63.0 Å². The lowest BCUT2D eigenvalue weighted by molar-refractivity contribution is -0.169. The van der Waals surface area contributed by atoms with Gasteiger partial charge in [-0.05, 0) is 50.4 Å². The summed E-state index contributed by atoms with van der Waals surface area (Å²) in [5, 5.41) is 0. The summed E-state index contributed by atoms with van der Waals surface area (Å²) < 4.78 is 12.3. The number of nitrogens with zero attached hydrogens (tertiary/aromatic N) is 2. The molecule has 6 nitrogen and oxygen atoms in total. The Bertz CT molecular complexity index is 1430. The van der Waals surface area contributed by atoms with Crippen molar-refractivity contribution in [1.82, 2.24) is 9.80 Å². The molecule has 0 radical (unpaired) electrons. The van der Waals surface area contributed by atoms with Crippen molar-refractivity contribution in [3.8, 4) is 0 Å². The zero-order chi connectivity index (χ0) is 36.6. The molecule has 0 bridgehead atoms. The molecule has 7 heteroatoms. The van der Waals surface area contributed by atoms with Crippen molar-refractivity contribution >= 4 is 24.3 Å². The van der Waals surface area contributed by atoms with Gasteiger partial charge in [0.15, 0.2) is 0 Å². The van der Waals surface area contributed by atoms with Crippen molar-refractivity contribution < 1.29 is 19.1 Å². The number of carbonyl (C=O) groups excluding carboxylic acids is 2. The highest BCUT2D eigenvalue weighted by Gasteiger charge is 2.43. The van der Waals surface area contributed by atoms with Crippen LogP contribution in [0.1, 0.15) is 62.8 Å². The van der Waals surface area contributed by atoms with Crippen LogP contribution >= 0.6 is 12.4 Å². The van der Waals surface area contributed by atoms with E-state index in [1.165, 1.54) is 11.1 Å². The second-order valence-electron chi connectivity index (χ2n) is 13.8. The monoisotopic (exact) mass is 714 g/mol. The fraction of sp³-hybridized carbons (Fsp3) is 0.409. The summed E-state index contributed by atoms with van der Waals surface area (Å²) in [5.74, 6) is -0.0445. The molecule has 0 saturated heterocycles. The molecular weight excluding hydrogens is 656 g/mol. The van der Waals surface area contributed by atoms with Crippen LogP contribution in [0.25, 0.3) is 0 Å². The zero-order valence-electron chi connectivity index (χ0n) is 31.9. The molecule has 0 aliphatic heterocycles. The van der Waals surface area contributed by atoms with Gasteiger partial charge < -0.3 is 19.3 Å². The molecule has 0 unspecified atom stereocenters. The van der Waals surface area contributed by atoms with Gasteiger partial charge in [-0.25, -0.2) is 0 Å². The highest BCUT2D eigenvalue weighted by molar-refractivity contribution is 5.85. The molecule has 0 amide bonds. The molecule has 0 heterocycles. The van der Waals surface area contributed by atoms with Gasteiger partial charge in [-0.1, -0.05) is 149 Å². The molecule has 4 rings (SSSR count). The Hall–Kier alpha value is -3.97. The summed E-state index contributed by atoms with van der Waals surface area (Å²) in [5.41, 5.74) is 3.08. The first-order valence-electron chi connectivity index (χ1n) is 17.9. The number of ether oxygens (including phenoxy) is 2. The lowest BCUT2D eigenvalue weighted by Gasteiger charge is -2.40. The lowest BCUT2D eigenvalue weighted by atomic mass is 9.77. The lowest BCUT2D eigenvalue weighted by Crippen LogP contribution is -2.44. The predicted octanol–water partition coefficient (Wildman–Crippen LogP) is 8.97. The van der Waals surface area contributed by atoms with E-state index in [4.69, 9.17) is 9.47 Å². The van der Waals surface area contributed by atoms with Crippen molar-refractivity contribution in [3.05, 3.63) is 144 Å². The fourth-order valence-corrected chi connectivity index (χ4v) is 6.69. The Kier molecular flexibility index (Phi) is 18.1. The second-order valence-corrected chi connectivity index (χ2v) is 13.8. The molecule has 0 N–H and O–H groups in total. The number of carbonyl (C=O) groups is 2. The van der Waals surface area contributed by atoms with Crippen molar-refractivity contribution in [3.63, 3.8) is 0 Å². The third kappa shape index (κ3) is 12.6. The normalized spacial score (nSPS) is 14.5. The topological polar surface area (TPSA) is 59.1 Å². The van der Waals surface area contributed by atoms with E-state index in [2.05, 4.69) is 100 Å². The largest absolute Gasteiger partial charge is 0.453 e. The van der Waals surface area contributed by atoms with E-state index in [1.807, 2.05) is 86.6 Å². The average molecular weight is 715 g/mol. The van der Waals surface area contributed by atoms with Crippen molar-refractivity contribution in [2.45, 2.75) is 64.6 Å². The molecule has 0 aromatic heterocycles. The molecule has 4 aromatic carbocycles. The maximum absolute atomic E-state index is 12.3. The van der Waals surface area contributed by atoms with Gasteiger partial charge in [0.2, 0.25) is 0 Å². The zero-order valence-corrected chi connectivity index (χ0v) is 32.7. The van der Waals surface area contributed by atoms with Crippen molar-refractivity contribution in [1.29, 1.82) is 0 Å². The Labute approximate surface area is 313 Å². The molecule has 0 aliphatic carbocycles. The van der Waals surface area contributed by atoms with Gasteiger partial charge in [0.1, 0.15) is 11.2 Å². The van der Waals surface area contributed by atoms with Gasteiger partial charge in [-0.15, -0.1) is 12.4 Å². The van der Waals surface area contributed by atoms with Crippen molar-refractivity contribution in [2.75, 3.05) is 41.3 Å². The average Bonchev–Trinajstić information content (AvgIpc) is 3.12. The van der Waals surface area contributed by atoms with Crippen LogP contribution in [0.2, 0.25) is 0 Å². The summed E-state index contributed by atoms with van der Waals surface area (Å²) in [4.78, 5) is 29.0. The van der Waals surface area contributed by atoms with Crippen LogP contribution in [0.4, 0.5) is 0 Å². The number of benzene rings is 4. The van der Waals surface area contributed by atoms with Gasteiger partial charge in [-0.2, -0.15) is 0 Å². The van der Waals surface area contributed by atoms with Crippen LogP contribution in [0.3, 0.4) is 0 Å². The van der Waals surface area contributed by atoms with E-state index in [1.54, 1.807) is 0 Å². The highest BCUT2D eigenvalue weighted by atomic mass is 35.5. The first-order chi connectivity index (χ1) is 24.0. The first kappa shape index (κ1) is 43.2. The molecule has 0 fully saturated rings. The number of rotatable bonds is 16. The van der Waals surface area contributed by atoms with E-state index < -0.39 is 11.2 Å². The number of hydrogen-bond acceptors (Lipinski definition) is 6. The van der Waals surface area contributed by atoms with E-state index in [-0.39, 0.29) is 36.2 Å². The molecule has 0 aliphatic rings. The SMILES string of the molecule is CCC(=O)O[C@](Cc1ccccc1)(c1ccccc1)[C@H](C)CN(C)C.CCC(=O)O[C@](Cc1ccccc1)(c1ccccc1)[C@H](C)CN(C)C.Cl. The Morgan fingerprint density at radius 2 is 0.804 bits per heavy atom. The minimum Gasteiger partial charge on any atom is -0.453 e. The van der Waals surface area contributed by atoms with Crippen molar-refractivity contribution in [2.24, 2.45) is 11.8 Å². The van der Waals surface area contributed by atoms with Crippen LogP contribution in [-0.2, 0) is 43.1 Å². The Morgan fingerprint density at radius 3 is 1.06 bits per heavy atom. The van der Waals surface area contributed by atoms with Gasteiger partial charge in [0.25, 0.3) is 0 Å². The minimum absolute atomic E-state index is 0. The smallest absolute Gasteiger partial charge is 0.306 e. The molecule has 51 heavy (non-hydrogen) atoms. The maximum atomic E-state index is 12.3. The molecular formula is C44H59ClN2O4. The molecule has 276 valence electrons.